The second-order valence-electron chi connectivity index (χ2n) is 7.53. The van der Waals surface area contributed by atoms with Crippen LogP contribution < -0.4 is 19.6 Å². The average molecular weight is 460 g/mol. The first-order valence-electron chi connectivity index (χ1n) is 9.92. The largest absolute Gasteiger partial charge is 0.403 e. The van der Waals surface area contributed by atoms with E-state index in [1.54, 1.807) is 12.1 Å². The lowest BCUT2D eigenvalue weighted by Crippen LogP contribution is -2.17. The van der Waals surface area contributed by atoms with Gasteiger partial charge in [-0.2, -0.15) is 23.4 Å². The van der Waals surface area contributed by atoms with Gasteiger partial charge in [-0.3, -0.25) is 0 Å². The third-order valence-corrected chi connectivity index (χ3v) is 5.01. The van der Waals surface area contributed by atoms with Crippen LogP contribution in [0.25, 0.3) is 0 Å². The van der Waals surface area contributed by atoms with Crippen molar-refractivity contribution < 1.29 is 17.3 Å². The molecule has 0 bridgehead atoms. The van der Waals surface area contributed by atoms with Gasteiger partial charge in [-0.05, 0) is 46.8 Å². The van der Waals surface area contributed by atoms with Gasteiger partial charge in [0.25, 0.3) is 5.88 Å². The zero-order valence-corrected chi connectivity index (χ0v) is 19.2. The lowest BCUT2D eigenvalue weighted by Gasteiger charge is -2.13. The van der Waals surface area contributed by atoms with Crippen molar-refractivity contribution in [1.29, 1.82) is 0 Å². The molecular weight excluding hydrogens is 434 g/mol. The number of nitrogens with one attached hydrogen (secondary N) is 2. The number of ether oxygens (including phenoxy) is 1. The summed E-state index contributed by atoms with van der Waals surface area (Å²) >= 11 is 0. The van der Waals surface area contributed by atoms with E-state index < -0.39 is 10.1 Å². The van der Waals surface area contributed by atoms with Crippen molar-refractivity contribution in [2.45, 2.75) is 51.6 Å². The van der Waals surface area contributed by atoms with Crippen LogP contribution in [0, 0.1) is 6.92 Å². The van der Waals surface area contributed by atoms with Crippen molar-refractivity contribution in [3.63, 3.8) is 0 Å². The van der Waals surface area contributed by atoms with Crippen LogP contribution in [0.4, 0.5) is 11.9 Å². The monoisotopic (exact) mass is 459 g/mol. The molecule has 1 aromatic carbocycles. The van der Waals surface area contributed by atoms with E-state index in [0.717, 1.165) is 5.56 Å². The molecule has 2 N–H and O–H groups in total. The Labute approximate surface area is 186 Å². The minimum absolute atomic E-state index is 0.00143. The summed E-state index contributed by atoms with van der Waals surface area (Å²) in [6.07, 6.45) is 0. The summed E-state index contributed by atoms with van der Waals surface area (Å²) in [5.74, 6) is 0.538. The van der Waals surface area contributed by atoms with Gasteiger partial charge in [-0.1, -0.05) is 17.7 Å². The predicted molar refractivity (Wildman–Crippen MR) is 118 cm³/mol. The fourth-order valence-corrected chi connectivity index (χ4v) is 3.29. The molecule has 12 heteroatoms. The van der Waals surface area contributed by atoms with Gasteiger partial charge >= 0.3 is 16.1 Å². The minimum atomic E-state index is -4.03. The quantitative estimate of drug-likeness (QED) is 0.456. The van der Waals surface area contributed by atoms with Crippen molar-refractivity contribution in [3.05, 3.63) is 42.0 Å². The van der Waals surface area contributed by atoms with E-state index in [1.807, 2.05) is 34.6 Å². The summed E-state index contributed by atoms with van der Waals surface area (Å²) < 4.78 is 35.4. The molecule has 32 heavy (non-hydrogen) atoms. The van der Waals surface area contributed by atoms with Gasteiger partial charge in [-0.25, -0.2) is 0 Å². The molecule has 2 heterocycles. The van der Waals surface area contributed by atoms with Crippen LogP contribution in [-0.4, -0.2) is 45.7 Å². The summed E-state index contributed by atoms with van der Waals surface area (Å²) in [5.41, 5.74) is 0.932. The summed E-state index contributed by atoms with van der Waals surface area (Å²) in [4.78, 5) is 12.7. The van der Waals surface area contributed by atoms with Crippen LogP contribution in [0.2, 0.25) is 0 Å². The Morgan fingerprint density at radius 3 is 1.81 bits per heavy atom. The van der Waals surface area contributed by atoms with E-state index in [9.17, 15) is 8.42 Å². The van der Waals surface area contributed by atoms with Crippen LogP contribution >= 0.6 is 0 Å². The summed E-state index contributed by atoms with van der Waals surface area (Å²) in [7, 11) is -4.03. The fraction of sp³-hybridized carbons (Fsp3) is 0.350. The molecule has 0 aliphatic carbocycles. The molecule has 0 atom stereocenters. The molecule has 0 saturated carbocycles. The molecule has 0 aliphatic heterocycles. The molecule has 170 valence electrons. The first kappa shape index (κ1) is 23.1. The van der Waals surface area contributed by atoms with Crippen molar-refractivity contribution in [3.8, 4) is 17.8 Å². The Kier molecular flexibility index (Phi) is 7.03. The number of nitrogens with zero attached hydrogens (tertiary/aromatic N) is 5. The van der Waals surface area contributed by atoms with Crippen LogP contribution in [0.15, 0.2) is 41.3 Å². The normalized spacial score (nSPS) is 11.5. The van der Waals surface area contributed by atoms with Crippen LogP contribution in [0.5, 0.6) is 17.8 Å². The molecule has 0 spiro atoms. The molecular formula is C20H25N7O4S. The smallest absolute Gasteiger partial charge is 0.340 e. The molecule has 0 saturated heterocycles. The number of benzene rings is 1. The van der Waals surface area contributed by atoms with Gasteiger partial charge in [0.15, 0.2) is 0 Å². The highest BCUT2D eigenvalue weighted by molar-refractivity contribution is 7.87. The Balaban J connectivity index is 1.75. The van der Waals surface area contributed by atoms with Crippen molar-refractivity contribution in [1.82, 2.24) is 25.1 Å². The number of aromatic nitrogens is 5. The third kappa shape index (κ3) is 6.48. The molecule has 3 rings (SSSR count). The highest BCUT2D eigenvalue weighted by atomic mass is 32.2. The van der Waals surface area contributed by atoms with Crippen LogP contribution in [-0.2, 0) is 10.1 Å². The van der Waals surface area contributed by atoms with Gasteiger partial charge in [0.2, 0.25) is 17.8 Å². The maximum absolute atomic E-state index is 12.4. The maximum Gasteiger partial charge on any atom is 0.340 e. The van der Waals surface area contributed by atoms with E-state index in [4.69, 9.17) is 8.92 Å². The van der Waals surface area contributed by atoms with Crippen molar-refractivity contribution >= 4 is 22.0 Å². The zero-order valence-electron chi connectivity index (χ0n) is 18.4. The summed E-state index contributed by atoms with van der Waals surface area (Å²) in [6.45, 7) is 9.67. The van der Waals surface area contributed by atoms with Gasteiger partial charge in [-0.15, -0.1) is 10.2 Å². The molecule has 3 aromatic rings. The molecule has 0 radical (unpaired) electrons. The van der Waals surface area contributed by atoms with E-state index in [2.05, 4.69) is 35.8 Å². The molecule has 0 aliphatic rings. The first-order valence-corrected chi connectivity index (χ1v) is 11.3. The fourth-order valence-electron chi connectivity index (χ4n) is 2.41. The SMILES string of the molecule is Cc1ccc(S(=O)(=O)Oc2ccc(Oc3nc(NC(C)C)nc(NC(C)C)n3)nn2)cc1. The second-order valence-corrected chi connectivity index (χ2v) is 9.07. The zero-order chi connectivity index (χ0) is 23.3. The highest BCUT2D eigenvalue weighted by Gasteiger charge is 2.18. The van der Waals surface area contributed by atoms with Crippen molar-refractivity contribution in [2.24, 2.45) is 0 Å². The topological polar surface area (TPSA) is 141 Å². The van der Waals surface area contributed by atoms with E-state index in [1.165, 1.54) is 24.3 Å². The molecule has 0 amide bonds. The number of aryl methyl sites for hydroxylation is 1. The van der Waals surface area contributed by atoms with Gasteiger partial charge in [0.05, 0.1) is 0 Å². The highest BCUT2D eigenvalue weighted by Crippen LogP contribution is 2.21. The van der Waals surface area contributed by atoms with E-state index >= 15 is 0 Å². The average Bonchev–Trinajstić information content (AvgIpc) is 2.68. The predicted octanol–water partition coefficient (Wildman–Crippen LogP) is 3.17. The third-order valence-electron chi connectivity index (χ3n) is 3.77. The molecule has 11 nitrogen and oxygen atoms in total. The molecule has 0 fully saturated rings. The Morgan fingerprint density at radius 1 is 0.781 bits per heavy atom. The molecule has 2 aromatic heterocycles. The summed E-state index contributed by atoms with van der Waals surface area (Å²) in [5, 5.41) is 13.8. The number of rotatable bonds is 9. The standard InChI is InChI=1S/C20H25N7O4S/c1-12(2)21-18-23-19(22-13(3)4)25-20(24-18)30-16-10-11-17(27-26-16)31-32(28,29)15-8-6-14(5)7-9-15/h6-13H,1-5H3,(H2,21,22,23,24,25). The van der Waals surface area contributed by atoms with E-state index in [-0.39, 0.29) is 34.7 Å². The molecule has 0 unspecified atom stereocenters. The van der Waals surface area contributed by atoms with Gasteiger partial charge in [0, 0.05) is 24.2 Å². The lowest BCUT2D eigenvalue weighted by atomic mass is 10.2. The van der Waals surface area contributed by atoms with Crippen molar-refractivity contribution in [2.75, 3.05) is 10.6 Å². The number of anilines is 2. The van der Waals surface area contributed by atoms with Crippen LogP contribution in [0.3, 0.4) is 0 Å². The Bertz CT molecular complexity index is 1120. The minimum Gasteiger partial charge on any atom is -0.403 e. The first-order chi connectivity index (χ1) is 15.1. The number of hydrogen-bond acceptors (Lipinski definition) is 11. The Morgan fingerprint density at radius 2 is 1.31 bits per heavy atom. The second kappa shape index (κ2) is 9.73. The lowest BCUT2D eigenvalue weighted by molar-refractivity contribution is 0.410. The van der Waals surface area contributed by atoms with Gasteiger partial charge in [0.1, 0.15) is 4.90 Å². The van der Waals surface area contributed by atoms with E-state index in [0.29, 0.717) is 11.9 Å². The summed E-state index contributed by atoms with van der Waals surface area (Å²) in [6, 6.07) is 9.22. The number of hydrogen-bond donors (Lipinski definition) is 2. The Hall–Kier alpha value is -3.54. The maximum atomic E-state index is 12.4. The van der Waals surface area contributed by atoms with Gasteiger partial charge < -0.3 is 19.6 Å². The van der Waals surface area contributed by atoms with Crippen LogP contribution in [0.1, 0.15) is 33.3 Å².